The second kappa shape index (κ2) is 7.14. The van der Waals surface area contributed by atoms with Gasteiger partial charge in [0.05, 0.1) is 5.41 Å². The van der Waals surface area contributed by atoms with E-state index in [4.69, 9.17) is 5.73 Å². The molecule has 0 atom stereocenters. The molecule has 122 valence electrons. The second-order valence-electron chi connectivity index (χ2n) is 6.31. The molecular formula is C18H29N3O. The van der Waals surface area contributed by atoms with Crippen molar-refractivity contribution in [1.82, 2.24) is 4.90 Å². The maximum atomic E-state index is 12.8. The van der Waals surface area contributed by atoms with Crippen molar-refractivity contribution in [2.75, 3.05) is 37.6 Å². The minimum atomic E-state index is -0.370. The zero-order valence-corrected chi connectivity index (χ0v) is 14.1. The van der Waals surface area contributed by atoms with E-state index in [2.05, 4.69) is 49.9 Å². The van der Waals surface area contributed by atoms with Crippen molar-refractivity contribution in [3.8, 4) is 0 Å². The van der Waals surface area contributed by atoms with E-state index in [0.717, 1.165) is 39.0 Å². The van der Waals surface area contributed by atoms with Gasteiger partial charge >= 0.3 is 0 Å². The fourth-order valence-electron chi connectivity index (χ4n) is 3.26. The van der Waals surface area contributed by atoms with Crippen LogP contribution in [0.5, 0.6) is 0 Å². The quantitative estimate of drug-likeness (QED) is 0.909. The standard InChI is InChI=1S/C18H29N3O/c1-4-18(5-2,14-19)17(22)21-11-9-20(10-12-21)16-8-6-7-15(3)13-16/h6-8,13H,4-5,9-12,14,19H2,1-3H3. The Morgan fingerprint density at radius 2 is 1.82 bits per heavy atom. The monoisotopic (exact) mass is 303 g/mol. The predicted octanol–water partition coefficient (Wildman–Crippen LogP) is 2.41. The summed E-state index contributed by atoms with van der Waals surface area (Å²) < 4.78 is 0. The van der Waals surface area contributed by atoms with E-state index in [1.807, 2.05) is 4.90 Å². The van der Waals surface area contributed by atoms with Crippen molar-refractivity contribution in [2.45, 2.75) is 33.6 Å². The molecule has 4 heteroatoms. The van der Waals surface area contributed by atoms with Crippen LogP contribution in [0, 0.1) is 12.3 Å². The molecule has 1 aliphatic rings. The normalized spacial score (nSPS) is 16.0. The highest BCUT2D eigenvalue weighted by molar-refractivity contribution is 5.83. The van der Waals surface area contributed by atoms with E-state index >= 15 is 0 Å². The number of rotatable bonds is 5. The summed E-state index contributed by atoms with van der Waals surface area (Å²) in [5, 5.41) is 0. The zero-order valence-electron chi connectivity index (χ0n) is 14.1. The molecule has 0 unspecified atom stereocenters. The molecule has 0 radical (unpaired) electrons. The Bertz CT molecular complexity index is 495. The van der Waals surface area contributed by atoms with Gasteiger partial charge in [-0.25, -0.2) is 0 Å². The summed E-state index contributed by atoms with van der Waals surface area (Å²) in [7, 11) is 0. The molecule has 0 spiro atoms. The second-order valence-corrected chi connectivity index (χ2v) is 6.31. The van der Waals surface area contributed by atoms with E-state index in [1.165, 1.54) is 11.3 Å². The molecule has 1 aromatic carbocycles. The molecule has 0 bridgehead atoms. The summed E-state index contributed by atoms with van der Waals surface area (Å²) in [6, 6.07) is 8.56. The first-order chi connectivity index (χ1) is 10.6. The molecule has 1 aliphatic heterocycles. The molecular weight excluding hydrogens is 274 g/mol. The Labute approximate surface area is 134 Å². The Morgan fingerprint density at radius 1 is 1.18 bits per heavy atom. The summed E-state index contributed by atoms with van der Waals surface area (Å²) in [5.41, 5.74) is 8.07. The Kier molecular flexibility index (Phi) is 5.46. The Balaban J connectivity index is 2.01. The third-order valence-corrected chi connectivity index (χ3v) is 5.13. The molecule has 0 aliphatic carbocycles. The number of hydrogen-bond donors (Lipinski definition) is 1. The van der Waals surface area contributed by atoms with Crippen LogP contribution >= 0.6 is 0 Å². The molecule has 22 heavy (non-hydrogen) atoms. The van der Waals surface area contributed by atoms with Gasteiger partial charge in [-0.2, -0.15) is 0 Å². The van der Waals surface area contributed by atoms with E-state index in [-0.39, 0.29) is 11.3 Å². The lowest BCUT2D eigenvalue weighted by molar-refractivity contribution is -0.142. The van der Waals surface area contributed by atoms with Crippen molar-refractivity contribution in [3.63, 3.8) is 0 Å². The van der Waals surface area contributed by atoms with Gasteiger partial charge in [0.15, 0.2) is 0 Å². The van der Waals surface area contributed by atoms with E-state index in [9.17, 15) is 4.79 Å². The van der Waals surface area contributed by atoms with Crippen LogP contribution in [0.1, 0.15) is 32.3 Å². The number of hydrogen-bond acceptors (Lipinski definition) is 3. The van der Waals surface area contributed by atoms with Gasteiger partial charge in [-0.05, 0) is 37.5 Å². The zero-order chi connectivity index (χ0) is 16.2. The van der Waals surface area contributed by atoms with Crippen molar-refractivity contribution in [3.05, 3.63) is 29.8 Å². The first-order valence-corrected chi connectivity index (χ1v) is 8.37. The number of piperazine rings is 1. The van der Waals surface area contributed by atoms with E-state index in [1.54, 1.807) is 0 Å². The molecule has 0 aromatic heterocycles. The number of aryl methyl sites for hydroxylation is 1. The minimum Gasteiger partial charge on any atom is -0.368 e. The highest BCUT2D eigenvalue weighted by atomic mass is 16.2. The molecule has 1 heterocycles. The number of anilines is 1. The molecule has 0 saturated carbocycles. The first-order valence-electron chi connectivity index (χ1n) is 8.37. The summed E-state index contributed by atoms with van der Waals surface area (Å²) >= 11 is 0. The van der Waals surface area contributed by atoms with Crippen LogP contribution in [0.15, 0.2) is 24.3 Å². The first kappa shape index (κ1) is 16.8. The van der Waals surface area contributed by atoms with Gasteiger partial charge in [-0.15, -0.1) is 0 Å². The smallest absolute Gasteiger partial charge is 0.230 e. The maximum Gasteiger partial charge on any atom is 0.230 e. The molecule has 1 amide bonds. The third-order valence-electron chi connectivity index (χ3n) is 5.13. The average molecular weight is 303 g/mol. The van der Waals surface area contributed by atoms with Crippen LogP contribution < -0.4 is 10.6 Å². The highest BCUT2D eigenvalue weighted by Crippen LogP contribution is 2.28. The van der Waals surface area contributed by atoms with Crippen LogP contribution in [-0.2, 0) is 4.79 Å². The van der Waals surface area contributed by atoms with Gasteiger partial charge in [0.2, 0.25) is 5.91 Å². The topological polar surface area (TPSA) is 49.6 Å². The van der Waals surface area contributed by atoms with Crippen molar-refractivity contribution < 1.29 is 4.79 Å². The molecule has 2 rings (SSSR count). The fourth-order valence-corrected chi connectivity index (χ4v) is 3.26. The summed E-state index contributed by atoms with van der Waals surface area (Å²) in [6.07, 6.45) is 1.63. The largest absolute Gasteiger partial charge is 0.368 e. The van der Waals surface area contributed by atoms with Gasteiger partial charge in [0.25, 0.3) is 0 Å². The van der Waals surface area contributed by atoms with Crippen molar-refractivity contribution >= 4 is 11.6 Å². The SMILES string of the molecule is CCC(CC)(CN)C(=O)N1CCN(c2cccc(C)c2)CC1. The number of benzene rings is 1. The Morgan fingerprint density at radius 3 is 2.32 bits per heavy atom. The van der Waals surface area contributed by atoms with Gasteiger partial charge < -0.3 is 15.5 Å². The number of nitrogens with zero attached hydrogens (tertiary/aromatic N) is 2. The van der Waals surface area contributed by atoms with E-state index < -0.39 is 0 Å². The van der Waals surface area contributed by atoms with Crippen LogP contribution in [-0.4, -0.2) is 43.5 Å². The van der Waals surface area contributed by atoms with E-state index in [0.29, 0.717) is 6.54 Å². The Hall–Kier alpha value is -1.55. The predicted molar refractivity (Wildman–Crippen MR) is 92.0 cm³/mol. The molecule has 1 aromatic rings. The lowest BCUT2D eigenvalue weighted by Gasteiger charge is -2.41. The van der Waals surface area contributed by atoms with Crippen molar-refractivity contribution in [1.29, 1.82) is 0 Å². The van der Waals surface area contributed by atoms with Crippen LogP contribution in [0.3, 0.4) is 0 Å². The number of carbonyl (C=O) groups is 1. The maximum absolute atomic E-state index is 12.8. The van der Waals surface area contributed by atoms with Crippen LogP contribution in [0.25, 0.3) is 0 Å². The lowest BCUT2D eigenvalue weighted by Crippen LogP contribution is -2.54. The fraction of sp³-hybridized carbons (Fsp3) is 0.611. The van der Waals surface area contributed by atoms with Crippen molar-refractivity contribution in [2.24, 2.45) is 11.1 Å². The summed E-state index contributed by atoms with van der Waals surface area (Å²) in [5.74, 6) is 0.240. The van der Waals surface area contributed by atoms with Gasteiger partial charge in [0.1, 0.15) is 0 Å². The lowest BCUT2D eigenvalue weighted by atomic mass is 9.81. The molecule has 1 saturated heterocycles. The highest BCUT2D eigenvalue weighted by Gasteiger charge is 2.37. The van der Waals surface area contributed by atoms with Crippen LogP contribution in [0.2, 0.25) is 0 Å². The van der Waals surface area contributed by atoms with Gasteiger partial charge in [0, 0.05) is 38.4 Å². The summed E-state index contributed by atoms with van der Waals surface area (Å²) in [6.45, 7) is 10.0. The third kappa shape index (κ3) is 3.27. The minimum absolute atomic E-state index is 0.240. The summed E-state index contributed by atoms with van der Waals surface area (Å²) in [4.78, 5) is 17.2. The molecule has 4 nitrogen and oxygen atoms in total. The molecule has 1 fully saturated rings. The number of nitrogens with two attached hydrogens (primary N) is 1. The average Bonchev–Trinajstić information content (AvgIpc) is 2.57. The number of carbonyl (C=O) groups excluding carboxylic acids is 1. The number of amides is 1. The van der Waals surface area contributed by atoms with Crippen LogP contribution in [0.4, 0.5) is 5.69 Å². The molecule has 2 N–H and O–H groups in total. The van der Waals surface area contributed by atoms with Gasteiger partial charge in [-0.3, -0.25) is 4.79 Å². The van der Waals surface area contributed by atoms with Gasteiger partial charge in [-0.1, -0.05) is 26.0 Å².